The first-order valence-corrected chi connectivity index (χ1v) is 6.39. The van der Waals surface area contributed by atoms with Crippen LogP contribution in [-0.2, 0) is 4.79 Å². The summed E-state index contributed by atoms with van der Waals surface area (Å²) in [4.78, 5) is 23.2. The van der Waals surface area contributed by atoms with Gasteiger partial charge in [-0.3, -0.25) is 9.59 Å². The highest BCUT2D eigenvalue weighted by Gasteiger charge is 2.26. The van der Waals surface area contributed by atoms with Gasteiger partial charge >= 0.3 is 5.97 Å². The fraction of sp³-hybridized carbons (Fsp3) is 0.500. The minimum Gasteiger partial charge on any atom is -0.496 e. The van der Waals surface area contributed by atoms with Crippen LogP contribution in [0.3, 0.4) is 0 Å². The van der Waals surface area contributed by atoms with Crippen molar-refractivity contribution in [1.82, 2.24) is 5.32 Å². The Balaban J connectivity index is 2.45. The highest BCUT2D eigenvalue weighted by Crippen LogP contribution is 2.22. The number of carbonyl (C=O) groups is 2. The maximum Gasteiger partial charge on any atom is 0.309 e. The molecule has 0 bridgehead atoms. The van der Waals surface area contributed by atoms with Crippen LogP contribution in [0.25, 0.3) is 0 Å². The van der Waals surface area contributed by atoms with E-state index in [9.17, 15) is 9.59 Å². The van der Waals surface area contributed by atoms with Crippen molar-refractivity contribution in [1.29, 1.82) is 0 Å². The Hall–Kier alpha value is -1.56. The molecule has 0 fully saturated rings. The van der Waals surface area contributed by atoms with Gasteiger partial charge in [0.05, 0.1) is 17.4 Å². The molecule has 0 aliphatic carbocycles. The number of rotatable bonds is 6. The van der Waals surface area contributed by atoms with Crippen LogP contribution in [0.2, 0.25) is 0 Å². The van der Waals surface area contributed by atoms with Crippen molar-refractivity contribution in [3.8, 4) is 5.75 Å². The summed E-state index contributed by atoms with van der Waals surface area (Å²) in [6.07, 6.45) is 0.385. The predicted molar refractivity (Wildman–Crippen MR) is 69.2 cm³/mol. The van der Waals surface area contributed by atoms with E-state index in [2.05, 4.69) is 5.32 Å². The van der Waals surface area contributed by atoms with Gasteiger partial charge in [-0.1, -0.05) is 0 Å². The minimum atomic E-state index is -0.866. The van der Waals surface area contributed by atoms with E-state index in [0.29, 0.717) is 23.6 Å². The van der Waals surface area contributed by atoms with Gasteiger partial charge < -0.3 is 15.2 Å². The molecule has 5 nitrogen and oxygen atoms in total. The quantitative estimate of drug-likeness (QED) is 0.829. The van der Waals surface area contributed by atoms with Crippen molar-refractivity contribution < 1.29 is 19.4 Å². The van der Waals surface area contributed by atoms with Gasteiger partial charge in [0, 0.05) is 18.0 Å². The molecular weight excluding hydrogens is 254 g/mol. The van der Waals surface area contributed by atoms with Crippen molar-refractivity contribution in [2.45, 2.75) is 20.3 Å². The topological polar surface area (TPSA) is 75.6 Å². The first-order valence-electron chi connectivity index (χ1n) is 5.51. The third-order valence-corrected chi connectivity index (χ3v) is 3.56. The first kappa shape index (κ1) is 14.5. The molecule has 0 aliphatic rings. The highest BCUT2D eigenvalue weighted by molar-refractivity contribution is 7.12. The zero-order valence-corrected chi connectivity index (χ0v) is 11.5. The number of carbonyl (C=O) groups excluding carboxylic acids is 1. The Morgan fingerprint density at radius 3 is 2.67 bits per heavy atom. The number of methoxy groups -OCH3 is 1. The second-order valence-electron chi connectivity index (χ2n) is 4.55. The van der Waals surface area contributed by atoms with E-state index in [0.717, 1.165) is 0 Å². The molecule has 18 heavy (non-hydrogen) atoms. The van der Waals surface area contributed by atoms with E-state index in [1.54, 1.807) is 32.4 Å². The molecule has 1 aromatic rings. The van der Waals surface area contributed by atoms with E-state index < -0.39 is 11.4 Å². The van der Waals surface area contributed by atoms with Crippen molar-refractivity contribution in [2.75, 3.05) is 13.7 Å². The molecule has 1 heterocycles. The number of hydrogen-bond donors (Lipinski definition) is 2. The number of amides is 1. The van der Waals surface area contributed by atoms with Crippen molar-refractivity contribution in [3.05, 3.63) is 16.3 Å². The average molecular weight is 271 g/mol. The summed E-state index contributed by atoms with van der Waals surface area (Å²) < 4.78 is 4.99. The molecule has 6 heteroatoms. The minimum absolute atomic E-state index is 0.204. The van der Waals surface area contributed by atoms with Crippen molar-refractivity contribution in [3.63, 3.8) is 0 Å². The summed E-state index contributed by atoms with van der Waals surface area (Å²) in [6.45, 7) is 3.60. The van der Waals surface area contributed by atoms with E-state index in [1.807, 2.05) is 0 Å². The number of nitrogens with one attached hydrogen (secondary N) is 1. The second-order valence-corrected chi connectivity index (χ2v) is 5.46. The molecule has 0 radical (unpaired) electrons. The Kier molecular flexibility index (Phi) is 4.72. The third-order valence-electron chi connectivity index (χ3n) is 2.65. The lowest BCUT2D eigenvalue weighted by molar-refractivity contribution is -0.147. The van der Waals surface area contributed by atoms with Gasteiger partial charge in [-0.05, 0) is 20.3 Å². The Bertz CT molecular complexity index is 439. The Labute approximate surface area is 110 Å². The molecule has 0 unspecified atom stereocenters. The summed E-state index contributed by atoms with van der Waals surface area (Å²) in [7, 11) is 1.54. The van der Waals surface area contributed by atoms with Crippen molar-refractivity contribution in [2.24, 2.45) is 5.41 Å². The van der Waals surface area contributed by atoms with Crippen LogP contribution in [0, 0.1) is 5.41 Å². The van der Waals surface area contributed by atoms with E-state index in [1.165, 1.54) is 11.3 Å². The SMILES string of the molecule is COc1csc(C(=O)NCCC(C)(C)C(=O)O)c1. The molecule has 0 saturated carbocycles. The zero-order valence-electron chi connectivity index (χ0n) is 10.6. The largest absolute Gasteiger partial charge is 0.496 e. The van der Waals surface area contributed by atoms with Crippen LogP contribution in [0.5, 0.6) is 5.75 Å². The third kappa shape index (κ3) is 3.73. The van der Waals surface area contributed by atoms with Gasteiger partial charge in [-0.2, -0.15) is 0 Å². The lowest BCUT2D eigenvalue weighted by Gasteiger charge is -2.18. The Morgan fingerprint density at radius 2 is 2.17 bits per heavy atom. The fourth-order valence-corrected chi connectivity index (χ4v) is 2.00. The fourth-order valence-electron chi connectivity index (χ4n) is 1.23. The molecule has 100 valence electrons. The number of carboxylic acids is 1. The summed E-state index contributed by atoms with van der Waals surface area (Å²) >= 11 is 1.29. The normalized spacial score (nSPS) is 11.1. The van der Waals surface area contributed by atoms with Crippen LogP contribution in [0.4, 0.5) is 0 Å². The molecule has 0 saturated heterocycles. The number of thiophene rings is 1. The van der Waals surface area contributed by atoms with Crippen LogP contribution in [-0.4, -0.2) is 30.6 Å². The summed E-state index contributed by atoms with van der Waals surface area (Å²) in [5.41, 5.74) is -0.833. The van der Waals surface area contributed by atoms with Crippen LogP contribution in [0.1, 0.15) is 29.9 Å². The van der Waals surface area contributed by atoms with Gasteiger partial charge in [0.2, 0.25) is 0 Å². The number of hydrogen-bond acceptors (Lipinski definition) is 4. The van der Waals surface area contributed by atoms with Crippen LogP contribution in [0.15, 0.2) is 11.4 Å². The van der Waals surface area contributed by atoms with E-state index in [-0.39, 0.29) is 5.91 Å². The van der Waals surface area contributed by atoms with Crippen molar-refractivity contribution >= 4 is 23.2 Å². The average Bonchev–Trinajstić information content (AvgIpc) is 2.76. The van der Waals surface area contributed by atoms with Gasteiger partial charge in [0.1, 0.15) is 5.75 Å². The highest BCUT2D eigenvalue weighted by atomic mass is 32.1. The monoisotopic (exact) mass is 271 g/mol. The molecule has 0 aromatic carbocycles. The molecule has 0 spiro atoms. The lowest BCUT2D eigenvalue weighted by Crippen LogP contribution is -2.31. The molecule has 0 atom stereocenters. The molecular formula is C12H17NO4S. The van der Waals surface area contributed by atoms with Gasteiger partial charge in [-0.25, -0.2) is 0 Å². The number of ether oxygens (including phenoxy) is 1. The predicted octanol–water partition coefficient (Wildman–Crippen LogP) is 1.99. The molecule has 1 rings (SSSR count). The Morgan fingerprint density at radius 1 is 1.50 bits per heavy atom. The molecule has 1 aromatic heterocycles. The maximum atomic E-state index is 11.7. The first-order chi connectivity index (χ1) is 8.36. The summed E-state index contributed by atoms with van der Waals surface area (Å²) in [6, 6.07) is 1.66. The van der Waals surface area contributed by atoms with E-state index >= 15 is 0 Å². The number of aliphatic carboxylic acids is 1. The second kappa shape index (κ2) is 5.86. The van der Waals surface area contributed by atoms with Crippen LogP contribution < -0.4 is 10.1 Å². The summed E-state index contributed by atoms with van der Waals surface area (Å²) in [5, 5.41) is 13.4. The van der Waals surface area contributed by atoms with Crippen LogP contribution >= 0.6 is 11.3 Å². The van der Waals surface area contributed by atoms with Gasteiger partial charge in [0.15, 0.2) is 0 Å². The maximum absolute atomic E-state index is 11.7. The molecule has 0 aliphatic heterocycles. The zero-order chi connectivity index (χ0) is 13.8. The standard InChI is InChI=1S/C12H17NO4S/c1-12(2,11(15)16)4-5-13-10(14)9-6-8(17-3)7-18-9/h6-7H,4-5H2,1-3H3,(H,13,14)(H,15,16). The van der Waals surface area contributed by atoms with Gasteiger partial charge in [0.25, 0.3) is 5.91 Å². The summed E-state index contributed by atoms with van der Waals surface area (Å²) in [5.74, 6) is -0.421. The lowest BCUT2D eigenvalue weighted by atomic mass is 9.90. The van der Waals surface area contributed by atoms with E-state index in [4.69, 9.17) is 9.84 Å². The molecule has 1 amide bonds. The number of carboxylic acid groups (broad SMARTS) is 1. The smallest absolute Gasteiger partial charge is 0.309 e. The molecule has 2 N–H and O–H groups in total. The van der Waals surface area contributed by atoms with Gasteiger partial charge in [-0.15, -0.1) is 11.3 Å².